The Morgan fingerprint density at radius 1 is 1.47 bits per heavy atom. The minimum atomic E-state index is -0.446. The number of likely N-dealkylation sites (tertiary alicyclic amines) is 1. The van der Waals surface area contributed by atoms with Crippen molar-refractivity contribution in [2.45, 2.75) is 38.8 Å². The number of hydrogen-bond donors (Lipinski definition) is 2. The summed E-state index contributed by atoms with van der Waals surface area (Å²) in [6.45, 7) is 7.55. The second kappa shape index (κ2) is 4.81. The van der Waals surface area contributed by atoms with Crippen LogP contribution in [0.1, 0.15) is 27.2 Å². The molecule has 0 spiro atoms. The summed E-state index contributed by atoms with van der Waals surface area (Å²) >= 11 is 0. The molecule has 1 saturated heterocycles. The van der Waals surface area contributed by atoms with Gasteiger partial charge in [0.05, 0.1) is 0 Å². The molecule has 0 bridgehead atoms. The molecule has 0 saturated carbocycles. The minimum absolute atomic E-state index is 0.322. The van der Waals surface area contributed by atoms with Gasteiger partial charge in [0.2, 0.25) is 0 Å². The molecule has 1 aliphatic heterocycles. The number of amides is 1. The summed E-state index contributed by atoms with van der Waals surface area (Å²) < 4.78 is 5.10. The maximum atomic E-state index is 11.3. The van der Waals surface area contributed by atoms with Crippen molar-refractivity contribution in [1.82, 2.24) is 15.8 Å². The van der Waals surface area contributed by atoms with Gasteiger partial charge in [0.25, 0.3) is 0 Å². The molecule has 1 atom stereocenters. The maximum absolute atomic E-state index is 11.3. The maximum Gasteiger partial charge on any atom is 0.422 e. The smallest absolute Gasteiger partial charge is 0.422 e. The molecule has 1 heterocycles. The molecule has 1 fully saturated rings. The molecule has 0 aromatic carbocycles. The highest BCUT2D eigenvalue weighted by Gasteiger charge is 2.21. The van der Waals surface area contributed by atoms with Gasteiger partial charge in [0.1, 0.15) is 5.60 Å². The molecule has 0 radical (unpaired) electrons. The second-order valence-electron chi connectivity index (χ2n) is 5.02. The SMILES string of the molecule is CN1CCC(NNC(=O)OC(C)(C)C)C1. The predicted octanol–water partition coefficient (Wildman–Crippen LogP) is 0.720. The highest BCUT2D eigenvalue weighted by Crippen LogP contribution is 2.07. The third-order valence-electron chi connectivity index (χ3n) is 2.17. The molecule has 88 valence electrons. The van der Waals surface area contributed by atoms with Crippen LogP contribution in [0, 0.1) is 0 Å². The monoisotopic (exact) mass is 215 g/mol. The van der Waals surface area contributed by atoms with Crippen molar-refractivity contribution in [3.8, 4) is 0 Å². The molecule has 15 heavy (non-hydrogen) atoms. The van der Waals surface area contributed by atoms with Gasteiger partial charge < -0.3 is 9.64 Å². The topological polar surface area (TPSA) is 53.6 Å². The number of ether oxygens (including phenoxy) is 1. The van der Waals surface area contributed by atoms with Crippen LogP contribution in [0.5, 0.6) is 0 Å². The highest BCUT2D eigenvalue weighted by atomic mass is 16.6. The summed E-state index contributed by atoms with van der Waals surface area (Å²) in [7, 11) is 2.06. The Bertz CT molecular complexity index is 225. The van der Waals surface area contributed by atoms with E-state index in [1.54, 1.807) is 0 Å². The van der Waals surface area contributed by atoms with E-state index in [1.165, 1.54) is 0 Å². The molecule has 1 amide bonds. The molecule has 0 aliphatic carbocycles. The van der Waals surface area contributed by atoms with Crippen LogP contribution >= 0.6 is 0 Å². The van der Waals surface area contributed by atoms with Crippen LogP contribution in [0.25, 0.3) is 0 Å². The summed E-state index contributed by atoms with van der Waals surface area (Å²) in [5, 5.41) is 0. The van der Waals surface area contributed by atoms with Crippen LogP contribution in [-0.4, -0.2) is 42.8 Å². The summed E-state index contributed by atoms with van der Waals surface area (Å²) in [4.78, 5) is 13.5. The third kappa shape index (κ3) is 4.99. The molecule has 2 N–H and O–H groups in total. The third-order valence-corrected chi connectivity index (χ3v) is 2.17. The van der Waals surface area contributed by atoms with E-state index in [4.69, 9.17) is 4.74 Å². The van der Waals surface area contributed by atoms with Crippen molar-refractivity contribution < 1.29 is 9.53 Å². The lowest BCUT2D eigenvalue weighted by Crippen LogP contribution is -2.47. The molecule has 1 unspecified atom stereocenters. The van der Waals surface area contributed by atoms with Gasteiger partial charge >= 0.3 is 6.09 Å². The number of hydrogen-bond acceptors (Lipinski definition) is 4. The van der Waals surface area contributed by atoms with Crippen LogP contribution in [0.2, 0.25) is 0 Å². The highest BCUT2D eigenvalue weighted by molar-refractivity contribution is 5.67. The number of likely N-dealkylation sites (N-methyl/N-ethyl adjacent to an activating group) is 1. The number of carbonyl (C=O) groups is 1. The first-order valence-electron chi connectivity index (χ1n) is 5.30. The van der Waals surface area contributed by atoms with Gasteiger partial charge in [-0.1, -0.05) is 0 Å². The molecule has 0 aromatic rings. The minimum Gasteiger partial charge on any atom is -0.443 e. The Kier molecular flexibility index (Phi) is 3.93. The summed E-state index contributed by atoms with van der Waals surface area (Å²) in [6, 6.07) is 0.322. The number of rotatable bonds is 2. The lowest BCUT2D eigenvalue weighted by Gasteiger charge is -2.21. The number of hydrazine groups is 1. The average molecular weight is 215 g/mol. The van der Waals surface area contributed by atoms with Crippen LogP contribution in [0.15, 0.2) is 0 Å². The second-order valence-corrected chi connectivity index (χ2v) is 5.02. The number of carbonyl (C=O) groups excluding carboxylic acids is 1. The van der Waals surface area contributed by atoms with Crippen LogP contribution < -0.4 is 10.9 Å². The normalized spacial score (nSPS) is 22.8. The van der Waals surface area contributed by atoms with Gasteiger partial charge in [0.15, 0.2) is 0 Å². The zero-order valence-corrected chi connectivity index (χ0v) is 9.96. The quantitative estimate of drug-likeness (QED) is 0.666. The Hall–Kier alpha value is -0.810. The predicted molar refractivity (Wildman–Crippen MR) is 58.4 cm³/mol. The van der Waals surface area contributed by atoms with Crippen molar-refractivity contribution in [2.75, 3.05) is 20.1 Å². The zero-order chi connectivity index (χ0) is 11.5. The van der Waals surface area contributed by atoms with Gasteiger partial charge in [-0.25, -0.2) is 10.2 Å². The van der Waals surface area contributed by atoms with Crippen molar-refractivity contribution in [3.63, 3.8) is 0 Å². The first-order valence-corrected chi connectivity index (χ1v) is 5.30. The zero-order valence-electron chi connectivity index (χ0n) is 9.96. The molecule has 5 heteroatoms. The molecular formula is C10H21N3O2. The van der Waals surface area contributed by atoms with E-state index >= 15 is 0 Å². The van der Waals surface area contributed by atoms with E-state index in [0.717, 1.165) is 19.5 Å². The summed E-state index contributed by atoms with van der Waals surface area (Å²) in [5.74, 6) is 0. The Balaban J connectivity index is 2.17. The lowest BCUT2D eigenvalue weighted by atomic mass is 10.2. The summed E-state index contributed by atoms with van der Waals surface area (Å²) in [5.41, 5.74) is 5.09. The lowest BCUT2D eigenvalue weighted by molar-refractivity contribution is 0.0488. The standard InChI is InChI=1S/C10H21N3O2/c1-10(2,3)15-9(14)12-11-8-5-6-13(4)7-8/h8,11H,5-7H2,1-4H3,(H,12,14). The van der Waals surface area contributed by atoms with Crippen molar-refractivity contribution >= 4 is 6.09 Å². The molecule has 0 aromatic heterocycles. The average Bonchev–Trinajstić information content (AvgIpc) is 2.45. The Morgan fingerprint density at radius 3 is 2.60 bits per heavy atom. The van der Waals surface area contributed by atoms with Crippen molar-refractivity contribution in [1.29, 1.82) is 0 Å². The van der Waals surface area contributed by atoms with E-state index in [1.807, 2.05) is 20.8 Å². The fraction of sp³-hybridized carbons (Fsp3) is 0.900. The van der Waals surface area contributed by atoms with E-state index in [-0.39, 0.29) is 0 Å². The molecule has 5 nitrogen and oxygen atoms in total. The van der Waals surface area contributed by atoms with Crippen LogP contribution in [-0.2, 0) is 4.74 Å². The fourth-order valence-corrected chi connectivity index (χ4v) is 1.52. The van der Waals surface area contributed by atoms with E-state index < -0.39 is 11.7 Å². The van der Waals surface area contributed by atoms with Crippen molar-refractivity contribution in [3.05, 3.63) is 0 Å². The first kappa shape index (κ1) is 12.3. The van der Waals surface area contributed by atoms with Gasteiger partial charge in [-0.2, -0.15) is 0 Å². The van der Waals surface area contributed by atoms with Crippen molar-refractivity contribution in [2.24, 2.45) is 0 Å². The molecular weight excluding hydrogens is 194 g/mol. The molecule has 1 aliphatic rings. The Morgan fingerprint density at radius 2 is 2.13 bits per heavy atom. The van der Waals surface area contributed by atoms with Gasteiger partial charge in [-0.15, -0.1) is 0 Å². The fourth-order valence-electron chi connectivity index (χ4n) is 1.52. The van der Waals surface area contributed by atoms with E-state index in [2.05, 4.69) is 22.8 Å². The van der Waals surface area contributed by atoms with Crippen LogP contribution in [0.3, 0.4) is 0 Å². The number of nitrogens with zero attached hydrogens (tertiary/aromatic N) is 1. The van der Waals surface area contributed by atoms with E-state index in [9.17, 15) is 4.79 Å². The summed E-state index contributed by atoms with van der Waals surface area (Å²) in [6.07, 6.45) is 0.629. The van der Waals surface area contributed by atoms with Crippen LogP contribution in [0.4, 0.5) is 4.79 Å². The van der Waals surface area contributed by atoms with Gasteiger partial charge in [0, 0.05) is 12.6 Å². The van der Waals surface area contributed by atoms with E-state index in [0.29, 0.717) is 6.04 Å². The van der Waals surface area contributed by atoms with Gasteiger partial charge in [-0.05, 0) is 40.8 Å². The largest absolute Gasteiger partial charge is 0.443 e. The number of nitrogens with one attached hydrogen (secondary N) is 2. The first-order chi connectivity index (χ1) is 6.87. The molecule has 1 rings (SSSR count). The van der Waals surface area contributed by atoms with Gasteiger partial charge in [-0.3, -0.25) is 5.43 Å². The Labute approximate surface area is 91.1 Å².